The number of rotatable bonds is 3. The topological polar surface area (TPSA) is 47.0 Å². The van der Waals surface area contributed by atoms with Crippen molar-refractivity contribution >= 4 is 10.9 Å². The summed E-state index contributed by atoms with van der Waals surface area (Å²) in [5, 5.41) is 4.49. The second-order valence-electron chi connectivity index (χ2n) is 4.67. The minimum Gasteiger partial charge on any atom is -0.462 e. The lowest BCUT2D eigenvalue weighted by molar-refractivity contribution is 0.225. The van der Waals surface area contributed by atoms with Gasteiger partial charge < -0.3 is 10.1 Å². The maximum absolute atomic E-state index is 5.67. The number of aromatic nitrogens is 2. The molecular formula is C14H17N3O. The first-order valence-corrected chi connectivity index (χ1v) is 6.50. The first-order chi connectivity index (χ1) is 8.92. The van der Waals surface area contributed by atoms with Crippen LogP contribution in [0.4, 0.5) is 0 Å². The molecule has 0 radical (unpaired) electrons. The standard InChI is InChI=1S/C14H17N3O/c1-2-7-13-11(5-1)9-16-14(17-13)18-10-12-6-3-4-8-15-12/h1-2,5,7,9,12,15H,3-4,6,8,10H2. The van der Waals surface area contributed by atoms with Crippen molar-refractivity contribution in [3.63, 3.8) is 0 Å². The van der Waals surface area contributed by atoms with Gasteiger partial charge in [-0.15, -0.1) is 0 Å². The molecule has 1 N–H and O–H groups in total. The highest BCUT2D eigenvalue weighted by Gasteiger charge is 2.13. The van der Waals surface area contributed by atoms with Crippen LogP contribution in [-0.2, 0) is 0 Å². The van der Waals surface area contributed by atoms with E-state index in [4.69, 9.17) is 4.74 Å². The molecule has 0 spiro atoms. The van der Waals surface area contributed by atoms with E-state index in [9.17, 15) is 0 Å². The molecule has 4 heteroatoms. The molecule has 2 heterocycles. The minimum atomic E-state index is 0.439. The highest BCUT2D eigenvalue weighted by atomic mass is 16.5. The van der Waals surface area contributed by atoms with Crippen LogP contribution in [0.3, 0.4) is 0 Å². The fourth-order valence-electron chi connectivity index (χ4n) is 2.27. The molecule has 1 fully saturated rings. The molecule has 1 saturated heterocycles. The maximum atomic E-state index is 5.67. The van der Waals surface area contributed by atoms with Gasteiger partial charge in [-0.2, -0.15) is 4.98 Å². The van der Waals surface area contributed by atoms with Crippen molar-refractivity contribution in [3.8, 4) is 6.01 Å². The number of ether oxygens (including phenoxy) is 1. The Labute approximate surface area is 106 Å². The van der Waals surface area contributed by atoms with E-state index in [0.29, 0.717) is 18.7 Å². The molecule has 3 rings (SSSR count). The largest absolute Gasteiger partial charge is 0.462 e. The third-order valence-electron chi connectivity index (χ3n) is 3.29. The summed E-state index contributed by atoms with van der Waals surface area (Å²) < 4.78 is 5.67. The van der Waals surface area contributed by atoms with Gasteiger partial charge in [0.25, 0.3) is 0 Å². The molecule has 1 aromatic carbocycles. The normalized spacial score (nSPS) is 19.9. The van der Waals surface area contributed by atoms with E-state index >= 15 is 0 Å². The first kappa shape index (κ1) is 11.4. The second-order valence-corrected chi connectivity index (χ2v) is 4.67. The number of fused-ring (bicyclic) bond motifs is 1. The van der Waals surface area contributed by atoms with E-state index in [-0.39, 0.29) is 0 Å². The Bertz CT molecular complexity index is 523. The third-order valence-corrected chi connectivity index (χ3v) is 3.29. The lowest BCUT2D eigenvalue weighted by Gasteiger charge is -2.22. The quantitative estimate of drug-likeness (QED) is 0.897. The van der Waals surface area contributed by atoms with Gasteiger partial charge in [0.1, 0.15) is 6.61 Å². The van der Waals surface area contributed by atoms with Crippen LogP contribution >= 0.6 is 0 Å². The Morgan fingerprint density at radius 1 is 1.28 bits per heavy atom. The van der Waals surface area contributed by atoms with Crippen LogP contribution in [0.5, 0.6) is 6.01 Å². The predicted molar refractivity (Wildman–Crippen MR) is 70.7 cm³/mol. The Hall–Kier alpha value is -1.68. The molecule has 0 amide bonds. The summed E-state index contributed by atoms with van der Waals surface area (Å²) in [6.45, 7) is 1.74. The molecule has 0 aliphatic carbocycles. The van der Waals surface area contributed by atoms with Crippen molar-refractivity contribution in [2.45, 2.75) is 25.3 Å². The smallest absolute Gasteiger partial charge is 0.316 e. The number of benzene rings is 1. The average molecular weight is 243 g/mol. The van der Waals surface area contributed by atoms with Crippen molar-refractivity contribution in [1.82, 2.24) is 15.3 Å². The summed E-state index contributed by atoms with van der Waals surface area (Å²) in [5.74, 6) is 0. The van der Waals surface area contributed by atoms with Crippen LogP contribution in [-0.4, -0.2) is 29.2 Å². The minimum absolute atomic E-state index is 0.439. The summed E-state index contributed by atoms with van der Waals surface area (Å²) in [7, 11) is 0. The van der Waals surface area contributed by atoms with E-state index < -0.39 is 0 Å². The van der Waals surface area contributed by atoms with Gasteiger partial charge in [0, 0.05) is 17.6 Å². The maximum Gasteiger partial charge on any atom is 0.316 e. The van der Waals surface area contributed by atoms with Crippen LogP contribution in [0.25, 0.3) is 10.9 Å². The molecule has 0 saturated carbocycles. The number of para-hydroxylation sites is 1. The fourth-order valence-corrected chi connectivity index (χ4v) is 2.27. The van der Waals surface area contributed by atoms with Gasteiger partial charge in [0.15, 0.2) is 0 Å². The molecule has 1 aliphatic rings. The van der Waals surface area contributed by atoms with E-state index in [0.717, 1.165) is 17.4 Å². The van der Waals surface area contributed by atoms with Crippen molar-refractivity contribution < 1.29 is 4.74 Å². The Morgan fingerprint density at radius 3 is 3.11 bits per heavy atom. The van der Waals surface area contributed by atoms with Crippen LogP contribution in [0.2, 0.25) is 0 Å². The Kier molecular flexibility index (Phi) is 3.37. The van der Waals surface area contributed by atoms with Gasteiger partial charge in [0.2, 0.25) is 0 Å². The van der Waals surface area contributed by atoms with Gasteiger partial charge in [-0.1, -0.05) is 24.6 Å². The molecule has 1 aliphatic heterocycles. The molecule has 1 aromatic heterocycles. The number of nitrogens with one attached hydrogen (secondary N) is 1. The lowest BCUT2D eigenvalue weighted by Crippen LogP contribution is -2.38. The van der Waals surface area contributed by atoms with E-state index in [1.54, 1.807) is 0 Å². The van der Waals surface area contributed by atoms with Gasteiger partial charge in [-0.3, -0.25) is 0 Å². The molecule has 18 heavy (non-hydrogen) atoms. The zero-order valence-corrected chi connectivity index (χ0v) is 10.3. The first-order valence-electron chi connectivity index (χ1n) is 6.50. The van der Waals surface area contributed by atoms with Gasteiger partial charge in [-0.25, -0.2) is 4.98 Å². The highest BCUT2D eigenvalue weighted by molar-refractivity contribution is 5.77. The summed E-state index contributed by atoms with van der Waals surface area (Å²) in [6.07, 6.45) is 5.53. The van der Waals surface area contributed by atoms with Crippen molar-refractivity contribution in [2.75, 3.05) is 13.2 Å². The number of nitrogens with zero attached hydrogens (tertiary/aromatic N) is 2. The summed E-state index contributed by atoms with van der Waals surface area (Å²) >= 11 is 0. The highest BCUT2D eigenvalue weighted by Crippen LogP contribution is 2.14. The molecule has 2 aromatic rings. The fraction of sp³-hybridized carbons (Fsp3) is 0.429. The van der Waals surface area contributed by atoms with Gasteiger partial charge in [-0.05, 0) is 25.5 Å². The third kappa shape index (κ3) is 2.59. The molecule has 4 nitrogen and oxygen atoms in total. The second kappa shape index (κ2) is 5.31. The lowest BCUT2D eigenvalue weighted by atomic mass is 10.1. The Morgan fingerprint density at radius 2 is 2.22 bits per heavy atom. The molecule has 1 unspecified atom stereocenters. The van der Waals surface area contributed by atoms with E-state index in [1.807, 2.05) is 30.5 Å². The molecule has 0 bridgehead atoms. The molecule has 94 valence electrons. The van der Waals surface area contributed by atoms with E-state index in [1.165, 1.54) is 19.3 Å². The predicted octanol–water partition coefficient (Wildman–Crippen LogP) is 2.15. The van der Waals surface area contributed by atoms with Crippen LogP contribution in [0, 0.1) is 0 Å². The van der Waals surface area contributed by atoms with Gasteiger partial charge >= 0.3 is 6.01 Å². The molecular weight excluding hydrogens is 226 g/mol. The van der Waals surface area contributed by atoms with Crippen LogP contribution in [0.15, 0.2) is 30.5 Å². The van der Waals surface area contributed by atoms with Crippen LogP contribution < -0.4 is 10.1 Å². The van der Waals surface area contributed by atoms with Crippen molar-refractivity contribution in [1.29, 1.82) is 0 Å². The zero-order valence-electron chi connectivity index (χ0n) is 10.3. The monoisotopic (exact) mass is 243 g/mol. The number of hydrogen-bond acceptors (Lipinski definition) is 4. The number of hydrogen-bond donors (Lipinski definition) is 1. The van der Waals surface area contributed by atoms with Gasteiger partial charge in [0.05, 0.1) is 5.52 Å². The molecule has 1 atom stereocenters. The summed E-state index contributed by atoms with van der Waals surface area (Å²) in [4.78, 5) is 8.63. The van der Waals surface area contributed by atoms with Crippen molar-refractivity contribution in [2.24, 2.45) is 0 Å². The summed E-state index contributed by atoms with van der Waals surface area (Å²) in [5.41, 5.74) is 0.930. The number of piperidine rings is 1. The van der Waals surface area contributed by atoms with E-state index in [2.05, 4.69) is 15.3 Å². The zero-order chi connectivity index (χ0) is 12.2. The van der Waals surface area contributed by atoms with Crippen molar-refractivity contribution in [3.05, 3.63) is 30.5 Å². The van der Waals surface area contributed by atoms with Crippen LogP contribution in [0.1, 0.15) is 19.3 Å². The SMILES string of the molecule is c1ccc2nc(OCC3CCCCN3)ncc2c1. The summed E-state index contributed by atoms with van der Waals surface area (Å²) in [6, 6.07) is 8.85. The average Bonchev–Trinajstić information content (AvgIpc) is 2.46. The Balaban J connectivity index is 1.66.